The fourth-order valence-electron chi connectivity index (χ4n) is 3.62. The minimum absolute atomic E-state index is 0.000166. The van der Waals surface area contributed by atoms with Gasteiger partial charge in [0.2, 0.25) is 5.82 Å². The monoisotopic (exact) mass is 483 g/mol. The highest BCUT2D eigenvalue weighted by Gasteiger charge is 2.30. The second-order valence-corrected chi connectivity index (χ2v) is 9.64. The van der Waals surface area contributed by atoms with Crippen molar-refractivity contribution in [1.29, 1.82) is 0 Å². The van der Waals surface area contributed by atoms with E-state index in [1.807, 2.05) is 6.92 Å². The number of aliphatic hydroxyl groups is 1. The summed E-state index contributed by atoms with van der Waals surface area (Å²) in [5, 5.41) is 9.56. The summed E-state index contributed by atoms with van der Waals surface area (Å²) in [6, 6.07) is 9.61. The van der Waals surface area contributed by atoms with Gasteiger partial charge in [0.1, 0.15) is 6.61 Å². The van der Waals surface area contributed by atoms with Gasteiger partial charge >= 0.3 is 0 Å². The van der Waals surface area contributed by atoms with Gasteiger partial charge in [0.25, 0.3) is 21.8 Å². The molecule has 2 aromatic heterocycles. The molecule has 1 aromatic carbocycles. The highest BCUT2D eigenvalue weighted by molar-refractivity contribution is 7.92. The Hall–Kier alpha value is -3.57. The summed E-state index contributed by atoms with van der Waals surface area (Å²) < 4.78 is 34.0. The minimum atomic E-state index is -3.97. The van der Waals surface area contributed by atoms with Crippen LogP contribution >= 0.6 is 0 Å². The number of rotatable bonds is 8. The number of amides is 1. The first-order chi connectivity index (χ1) is 16.4. The molecule has 0 bridgehead atoms. The number of sulfonamides is 1. The number of nitrogens with one attached hydrogen (secondary N) is 1. The number of pyridine rings is 1. The normalized spacial score (nSPS) is 15.8. The Morgan fingerprint density at radius 1 is 1.24 bits per heavy atom. The lowest BCUT2D eigenvalue weighted by atomic mass is 10.2. The van der Waals surface area contributed by atoms with E-state index >= 15 is 0 Å². The van der Waals surface area contributed by atoms with E-state index in [1.54, 1.807) is 41.6 Å². The largest absolute Gasteiger partial charge is 0.470 e. The first-order valence-corrected chi connectivity index (χ1v) is 12.3. The lowest BCUT2D eigenvalue weighted by Gasteiger charge is -2.22. The van der Waals surface area contributed by atoms with Crippen LogP contribution in [0, 0.1) is 6.92 Å². The molecule has 1 amide bonds. The van der Waals surface area contributed by atoms with Crippen LogP contribution in [0.4, 0.5) is 5.82 Å². The number of carbonyl (C=O) groups is 1. The van der Waals surface area contributed by atoms with Crippen molar-refractivity contribution < 1.29 is 23.1 Å². The molecular weight excluding hydrogens is 458 g/mol. The maximum atomic E-state index is 13.0. The first kappa shape index (κ1) is 23.6. The van der Waals surface area contributed by atoms with Crippen molar-refractivity contribution in [2.45, 2.75) is 37.3 Å². The van der Waals surface area contributed by atoms with Gasteiger partial charge in [-0.1, -0.05) is 23.8 Å². The van der Waals surface area contributed by atoms with Crippen LogP contribution in [0.15, 0.2) is 59.9 Å². The molecule has 0 radical (unpaired) electrons. The predicted octanol–water partition coefficient (Wildman–Crippen LogP) is 2.16. The summed E-state index contributed by atoms with van der Waals surface area (Å²) in [5.41, 5.74) is 1.65. The number of aliphatic hydroxyl groups excluding tert-OH is 1. The van der Waals surface area contributed by atoms with Gasteiger partial charge in [0.05, 0.1) is 23.7 Å². The van der Waals surface area contributed by atoms with Crippen molar-refractivity contribution in [1.82, 2.24) is 19.9 Å². The Bertz CT molecular complexity index is 1250. The van der Waals surface area contributed by atoms with Crippen LogP contribution in [0.5, 0.6) is 5.88 Å². The van der Waals surface area contributed by atoms with Crippen molar-refractivity contribution >= 4 is 21.7 Å². The van der Waals surface area contributed by atoms with Crippen LogP contribution in [0.1, 0.15) is 34.5 Å². The first-order valence-electron chi connectivity index (χ1n) is 10.8. The molecule has 1 aliphatic rings. The Labute approximate surface area is 197 Å². The molecule has 3 heterocycles. The number of hydrogen-bond acceptors (Lipinski definition) is 8. The highest BCUT2D eigenvalue weighted by atomic mass is 32.2. The Balaban J connectivity index is 1.64. The van der Waals surface area contributed by atoms with Crippen molar-refractivity contribution in [3.05, 3.63) is 71.8 Å². The van der Waals surface area contributed by atoms with E-state index in [0.717, 1.165) is 17.5 Å². The van der Waals surface area contributed by atoms with Gasteiger partial charge in [0, 0.05) is 24.5 Å². The number of aromatic nitrogens is 3. The molecule has 11 heteroatoms. The molecule has 0 spiro atoms. The summed E-state index contributed by atoms with van der Waals surface area (Å²) >= 11 is 0. The molecule has 1 fully saturated rings. The molecule has 3 aromatic rings. The van der Waals surface area contributed by atoms with Gasteiger partial charge in [-0.2, -0.15) is 0 Å². The van der Waals surface area contributed by atoms with E-state index in [4.69, 9.17) is 4.74 Å². The maximum absolute atomic E-state index is 13.0. The summed E-state index contributed by atoms with van der Waals surface area (Å²) in [6.45, 7) is 2.26. The van der Waals surface area contributed by atoms with Crippen molar-refractivity contribution in [2.24, 2.45) is 0 Å². The van der Waals surface area contributed by atoms with E-state index in [1.165, 1.54) is 18.3 Å². The minimum Gasteiger partial charge on any atom is -0.470 e. The predicted molar refractivity (Wildman–Crippen MR) is 124 cm³/mol. The third-order valence-electron chi connectivity index (χ3n) is 5.47. The van der Waals surface area contributed by atoms with Gasteiger partial charge in [-0.25, -0.2) is 18.4 Å². The molecule has 0 aliphatic carbocycles. The Morgan fingerprint density at radius 2 is 2.03 bits per heavy atom. The van der Waals surface area contributed by atoms with E-state index in [2.05, 4.69) is 19.7 Å². The van der Waals surface area contributed by atoms with Gasteiger partial charge in [-0.3, -0.25) is 14.5 Å². The topological polar surface area (TPSA) is 135 Å². The molecular formula is C23H25N5O5S. The third kappa shape index (κ3) is 5.32. The summed E-state index contributed by atoms with van der Waals surface area (Å²) in [7, 11) is -3.97. The summed E-state index contributed by atoms with van der Waals surface area (Å²) in [5.74, 6) is -0.672. The number of ether oxygens (including phenoxy) is 1. The lowest BCUT2D eigenvalue weighted by Crippen LogP contribution is -2.38. The van der Waals surface area contributed by atoms with Crippen molar-refractivity contribution in [3.8, 4) is 5.88 Å². The summed E-state index contributed by atoms with van der Waals surface area (Å²) in [4.78, 5) is 27.1. The lowest BCUT2D eigenvalue weighted by molar-refractivity contribution is 0.0670. The summed E-state index contributed by atoms with van der Waals surface area (Å²) in [6.07, 6.45) is 5.92. The second kappa shape index (κ2) is 10.1. The number of nitrogens with zero attached hydrogens (tertiary/aromatic N) is 4. The number of carbonyl (C=O) groups excluding carboxylic acids is 1. The molecule has 1 atom stereocenters. The van der Waals surface area contributed by atoms with Crippen molar-refractivity contribution in [3.63, 3.8) is 0 Å². The fourth-order valence-corrected chi connectivity index (χ4v) is 4.63. The quantitative estimate of drug-likeness (QED) is 0.498. The van der Waals surface area contributed by atoms with E-state index < -0.39 is 15.9 Å². The zero-order valence-electron chi connectivity index (χ0n) is 18.6. The highest BCUT2D eigenvalue weighted by Crippen LogP contribution is 2.26. The van der Waals surface area contributed by atoms with Gasteiger partial charge in [-0.05, 0) is 38.0 Å². The molecule has 34 heavy (non-hydrogen) atoms. The molecule has 4 rings (SSSR count). The van der Waals surface area contributed by atoms with Crippen LogP contribution in [0.2, 0.25) is 0 Å². The van der Waals surface area contributed by atoms with Gasteiger partial charge < -0.3 is 14.7 Å². The van der Waals surface area contributed by atoms with Gasteiger partial charge in [-0.15, -0.1) is 0 Å². The second-order valence-electron chi connectivity index (χ2n) is 7.95. The van der Waals surface area contributed by atoms with Crippen LogP contribution in [0.3, 0.4) is 0 Å². The molecule has 1 aliphatic heterocycles. The van der Waals surface area contributed by atoms with E-state index in [-0.39, 0.29) is 41.5 Å². The standard InChI is InChI=1S/C23H25N5O5S/c1-16-6-8-19(9-7-16)34(31,32)27-21-22(33-15-17-4-2-10-24-12-17)26-20(13-25-21)23(30)28-11-3-5-18(28)14-29/h2,4,6-10,12-13,18,29H,3,5,11,14-15H2,1H3,(H,25,27). The fraction of sp³-hybridized carbons (Fsp3) is 0.304. The zero-order chi connectivity index (χ0) is 24.1. The number of likely N-dealkylation sites (tertiary alicyclic amines) is 1. The molecule has 10 nitrogen and oxygen atoms in total. The molecule has 1 saturated heterocycles. The van der Waals surface area contributed by atoms with Crippen LogP contribution in [-0.2, 0) is 16.6 Å². The van der Waals surface area contributed by atoms with Crippen molar-refractivity contribution in [2.75, 3.05) is 17.9 Å². The molecule has 2 N–H and O–H groups in total. The number of benzene rings is 1. The van der Waals surface area contributed by atoms with Crippen LogP contribution in [-0.4, -0.2) is 58.5 Å². The molecule has 178 valence electrons. The van der Waals surface area contributed by atoms with Crippen LogP contribution in [0.25, 0.3) is 0 Å². The number of aryl methyl sites for hydroxylation is 1. The van der Waals surface area contributed by atoms with E-state index in [9.17, 15) is 18.3 Å². The molecule has 0 saturated carbocycles. The SMILES string of the molecule is Cc1ccc(S(=O)(=O)Nc2ncc(C(=O)N3CCCC3CO)nc2OCc2cccnc2)cc1. The average Bonchev–Trinajstić information content (AvgIpc) is 3.33. The Kier molecular flexibility index (Phi) is 7.03. The maximum Gasteiger partial charge on any atom is 0.274 e. The molecule has 1 unspecified atom stereocenters. The zero-order valence-corrected chi connectivity index (χ0v) is 19.4. The number of hydrogen-bond donors (Lipinski definition) is 2. The Morgan fingerprint density at radius 3 is 2.74 bits per heavy atom. The third-order valence-corrected chi connectivity index (χ3v) is 6.82. The average molecular weight is 484 g/mol. The smallest absolute Gasteiger partial charge is 0.274 e. The van der Waals surface area contributed by atoms with Crippen LogP contribution < -0.4 is 9.46 Å². The number of anilines is 1. The van der Waals surface area contributed by atoms with Gasteiger partial charge in [0.15, 0.2) is 5.69 Å². The van der Waals surface area contributed by atoms with E-state index in [0.29, 0.717) is 13.0 Å².